The van der Waals surface area contributed by atoms with Crippen molar-refractivity contribution in [2.75, 3.05) is 0 Å². The minimum Gasteiger partial charge on any atom is -0.254 e. The molecule has 0 unspecified atom stereocenters. The van der Waals surface area contributed by atoms with Gasteiger partial charge in [-0.2, -0.15) is 0 Å². The lowest BCUT2D eigenvalue weighted by Crippen LogP contribution is -2.27. The molecule has 1 aliphatic rings. The Balaban J connectivity index is 2.08. The first-order valence-electron chi connectivity index (χ1n) is 4.12. The number of hydrogen-bond acceptors (Lipinski definition) is 0. The van der Waals surface area contributed by atoms with Crippen LogP contribution in [0.5, 0.6) is 0 Å². The van der Waals surface area contributed by atoms with E-state index in [1.165, 1.54) is 5.56 Å². The predicted molar refractivity (Wildman–Crippen MR) is 45.3 cm³/mol. The Morgan fingerprint density at radius 2 is 1.73 bits per heavy atom. The molecule has 1 aromatic carbocycles. The molecule has 57 valence electrons. The number of nitrogens with one attached hydrogen (secondary N) is 1. The molecule has 1 saturated carbocycles. The van der Waals surface area contributed by atoms with E-state index in [1.807, 2.05) is 6.07 Å². The second-order valence-corrected chi connectivity index (χ2v) is 3.28. The summed E-state index contributed by atoms with van der Waals surface area (Å²) in [7, 11) is 0. The van der Waals surface area contributed by atoms with E-state index in [0.29, 0.717) is 5.92 Å². The van der Waals surface area contributed by atoms with Crippen LogP contribution < -0.4 is 5.73 Å². The van der Waals surface area contributed by atoms with E-state index in [9.17, 15) is 0 Å². The van der Waals surface area contributed by atoms with Gasteiger partial charge in [-0.25, -0.2) is 0 Å². The van der Waals surface area contributed by atoms with Gasteiger partial charge in [0.25, 0.3) is 0 Å². The van der Waals surface area contributed by atoms with Gasteiger partial charge in [-0.1, -0.05) is 30.3 Å². The largest absolute Gasteiger partial charge is 0.254 e. The number of benzene rings is 1. The first-order chi connectivity index (χ1) is 5.36. The van der Waals surface area contributed by atoms with Gasteiger partial charge in [0.2, 0.25) is 0 Å². The highest BCUT2D eigenvalue weighted by molar-refractivity contribution is 5.22. The Labute approximate surface area is 67.2 Å². The lowest BCUT2D eigenvalue weighted by atomic mass is 9.76. The zero-order valence-corrected chi connectivity index (χ0v) is 6.46. The third-order valence-electron chi connectivity index (χ3n) is 2.41. The fourth-order valence-electron chi connectivity index (χ4n) is 1.62. The van der Waals surface area contributed by atoms with Crippen molar-refractivity contribution in [1.82, 2.24) is 5.73 Å². The molecular weight excluding hydrogens is 134 g/mol. The first-order valence-corrected chi connectivity index (χ1v) is 4.12. The molecule has 1 radical (unpaired) electrons. The SMILES string of the molecule is [NH]C1CC(c2ccccc2)C1. The van der Waals surface area contributed by atoms with Crippen LogP contribution in [0.4, 0.5) is 0 Å². The Hall–Kier alpha value is -0.820. The van der Waals surface area contributed by atoms with Crippen molar-refractivity contribution in [1.29, 1.82) is 0 Å². The highest BCUT2D eigenvalue weighted by atomic mass is 14.7. The molecule has 0 saturated heterocycles. The van der Waals surface area contributed by atoms with E-state index >= 15 is 0 Å². The third-order valence-corrected chi connectivity index (χ3v) is 2.41. The summed E-state index contributed by atoms with van der Waals surface area (Å²) in [5.74, 6) is 0.679. The van der Waals surface area contributed by atoms with Crippen LogP contribution in [0.25, 0.3) is 0 Å². The van der Waals surface area contributed by atoms with Gasteiger partial charge < -0.3 is 0 Å². The van der Waals surface area contributed by atoms with Crippen LogP contribution in [-0.2, 0) is 0 Å². The van der Waals surface area contributed by atoms with Crippen molar-refractivity contribution in [2.45, 2.75) is 24.8 Å². The summed E-state index contributed by atoms with van der Waals surface area (Å²) in [6, 6.07) is 10.7. The molecule has 0 atom stereocenters. The number of rotatable bonds is 1. The summed E-state index contributed by atoms with van der Waals surface area (Å²) in [5.41, 5.74) is 8.81. The van der Waals surface area contributed by atoms with Crippen LogP contribution in [0.3, 0.4) is 0 Å². The fraction of sp³-hybridized carbons (Fsp3) is 0.400. The van der Waals surface area contributed by atoms with Gasteiger partial charge in [0, 0.05) is 6.04 Å². The summed E-state index contributed by atoms with van der Waals surface area (Å²) in [6.07, 6.45) is 2.12. The molecule has 1 aromatic rings. The van der Waals surface area contributed by atoms with Crippen molar-refractivity contribution in [2.24, 2.45) is 0 Å². The van der Waals surface area contributed by atoms with E-state index in [0.717, 1.165) is 12.8 Å². The maximum atomic E-state index is 7.39. The van der Waals surface area contributed by atoms with Gasteiger partial charge in [0.1, 0.15) is 0 Å². The second kappa shape index (κ2) is 2.67. The van der Waals surface area contributed by atoms with Crippen LogP contribution in [0, 0.1) is 0 Å². The molecule has 1 fully saturated rings. The molecule has 0 aliphatic heterocycles. The molecule has 0 spiro atoms. The minimum absolute atomic E-state index is 0.209. The van der Waals surface area contributed by atoms with Crippen LogP contribution in [0.15, 0.2) is 30.3 Å². The maximum absolute atomic E-state index is 7.39. The lowest BCUT2D eigenvalue weighted by Gasteiger charge is -2.31. The molecule has 1 nitrogen and oxygen atoms in total. The second-order valence-electron chi connectivity index (χ2n) is 3.28. The van der Waals surface area contributed by atoms with Crippen molar-refractivity contribution in [3.8, 4) is 0 Å². The van der Waals surface area contributed by atoms with Crippen LogP contribution in [-0.4, -0.2) is 6.04 Å². The van der Waals surface area contributed by atoms with Crippen molar-refractivity contribution >= 4 is 0 Å². The van der Waals surface area contributed by atoms with Crippen LogP contribution in [0.2, 0.25) is 0 Å². The Morgan fingerprint density at radius 1 is 1.09 bits per heavy atom. The van der Waals surface area contributed by atoms with Gasteiger partial charge in [0.15, 0.2) is 0 Å². The smallest absolute Gasteiger partial charge is 0.0224 e. The molecule has 2 rings (SSSR count). The monoisotopic (exact) mass is 146 g/mol. The normalized spacial score (nSPS) is 29.5. The summed E-state index contributed by atoms with van der Waals surface area (Å²) in [4.78, 5) is 0. The first kappa shape index (κ1) is 6.86. The summed E-state index contributed by atoms with van der Waals surface area (Å²) in [6.45, 7) is 0. The quantitative estimate of drug-likeness (QED) is 0.580. The summed E-state index contributed by atoms with van der Waals surface area (Å²) in [5, 5.41) is 0. The van der Waals surface area contributed by atoms with Gasteiger partial charge in [0.05, 0.1) is 0 Å². The number of hydrogen-bond donors (Lipinski definition) is 0. The molecular formula is C10H12N. The van der Waals surface area contributed by atoms with Crippen LogP contribution in [0.1, 0.15) is 24.3 Å². The van der Waals surface area contributed by atoms with Gasteiger partial charge in [-0.05, 0) is 24.3 Å². The fourth-order valence-corrected chi connectivity index (χ4v) is 1.62. The molecule has 0 amide bonds. The molecule has 0 bridgehead atoms. The highest BCUT2D eigenvalue weighted by Crippen LogP contribution is 2.35. The molecule has 0 heterocycles. The lowest BCUT2D eigenvalue weighted by molar-refractivity contribution is 0.342. The van der Waals surface area contributed by atoms with E-state index < -0.39 is 0 Å². The topological polar surface area (TPSA) is 23.8 Å². The van der Waals surface area contributed by atoms with Gasteiger partial charge >= 0.3 is 0 Å². The molecule has 0 aromatic heterocycles. The van der Waals surface area contributed by atoms with E-state index in [1.54, 1.807) is 0 Å². The van der Waals surface area contributed by atoms with Crippen molar-refractivity contribution in [3.05, 3.63) is 35.9 Å². The van der Waals surface area contributed by atoms with Gasteiger partial charge in [-0.15, -0.1) is 0 Å². The third kappa shape index (κ3) is 1.29. The Bertz CT molecular complexity index is 224. The summed E-state index contributed by atoms with van der Waals surface area (Å²) < 4.78 is 0. The minimum atomic E-state index is 0.209. The maximum Gasteiger partial charge on any atom is 0.0224 e. The summed E-state index contributed by atoms with van der Waals surface area (Å²) >= 11 is 0. The van der Waals surface area contributed by atoms with E-state index in [-0.39, 0.29) is 6.04 Å². The standard InChI is InChI=1S/C10H12N/c11-10-6-9(7-10)8-4-2-1-3-5-8/h1-5,9-11H,6-7H2. The predicted octanol–water partition coefficient (Wildman–Crippen LogP) is 2.22. The average molecular weight is 146 g/mol. The Kier molecular flexibility index (Phi) is 1.66. The zero-order valence-electron chi connectivity index (χ0n) is 6.46. The zero-order chi connectivity index (χ0) is 7.68. The van der Waals surface area contributed by atoms with Gasteiger partial charge in [-0.3, -0.25) is 5.73 Å². The van der Waals surface area contributed by atoms with Crippen molar-refractivity contribution in [3.63, 3.8) is 0 Å². The van der Waals surface area contributed by atoms with Crippen LogP contribution >= 0.6 is 0 Å². The van der Waals surface area contributed by atoms with E-state index in [4.69, 9.17) is 5.73 Å². The van der Waals surface area contributed by atoms with E-state index in [2.05, 4.69) is 24.3 Å². The molecule has 1 aliphatic carbocycles. The van der Waals surface area contributed by atoms with Crippen molar-refractivity contribution < 1.29 is 0 Å². The molecule has 11 heavy (non-hydrogen) atoms. The Morgan fingerprint density at radius 3 is 2.27 bits per heavy atom. The molecule has 1 heteroatoms. The molecule has 1 N–H and O–H groups in total. The average Bonchev–Trinajstić information content (AvgIpc) is 2.01. The highest BCUT2D eigenvalue weighted by Gasteiger charge is 2.27.